The average molecular weight is 200 g/mol. The van der Waals surface area contributed by atoms with Crippen molar-refractivity contribution in [2.24, 2.45) is 0 Å². The van der Waals surface area contributed by atoms with Gasteiger partial charge in [0, 0.05) is 6.42 Å². The lowest BCUT2D eigenvalue weighted by atomic mass is 10.1. The highest BCUT2D eigenvalue weighted by molar-refractivity contribution is 5.58. The lowest BCUT2D eigenvalue weighted by molar-refractivity contribution is 0.115. The summed E-state index contributed by atoms with van der Waals surface area (Å²) in [7, 11) is 0. The molecule has 0 fully saturated rings. The molecule has 0 saturated heterocycles. The second-order valence-electron chi connectivity index (χ2n) is 3.29. The maximum atomic E-state index is 10.2. The smallest absolute Gasteiger partial charge is 0.449 e. The fraction of sp³-hybridized carbons (Fsp3) is 0.727. The lowest BCUT2D eigenvalue weighted by Crippen LogP contribution is -2.00. The Morgan fingerprint density at radius 3 is 2.43 bits per heavy atom. The van der Waals surface area contributed by atoms with Gasteiger partial charge in [-0.15, -0.1) is 0 Å². The Kier molecular flexibility index (Phi) is 7.99. The minimum absolute atomic E-state index is 0.564. The Morgan fingerprint density at radius 1 is 1.29 bits per heavy atom. The average Bonchev–Trinajstić information content (AvgIpc) is 2.15. The largest absolute Gasteiger partial charge is 0.511 e. The predicted molar refractivity (Wildman–Crippen MR) is 56.2 cm³/mol. The fourth-order valence-electron chi connectivity index (χ4n) is 1.27. The van der Waals surface area contributed by atoms with Gasteiger partial charge >= 0.3 is 6.16 Å². The van der Waals surface area contributed by atoms with Gasteiger partial charge in [0.15, 0.2) is 0 Å². The molecule has 0 atom stereocenters. The molecule has 0 aliphatic rings. The number of carboxylic acid groups (broad SMARTS) is 1. The first-order valence-electron chi connectivity index (χ1n) is 5.26. The van der Waals surface area contributed by atoms with Crippen molar-refractivity contribution in [1.29, 1.82) is 0 Å². The summed E-state index contributed by atoms with van der Waals surface area (Å²) < 4.78 is 4.58. The number of allylic oxidation sites excluding steroid dienone is 2. The number of rotatable bonds is 7. The summed E-state index contributed by atoms with van der Waals surface area (Å²) in [6, 6.07) is 0. The van der Waals surface area contributed by atoms with Gasteiger partial charge in [-0.3, -0.25) is 0 Å². The molecule has 0 aliphatic heterocycles. The van der Waals surface area contributed by atoms with Crippen LogP contribution < -0.4 is 0 Å². The van der Waals surface area contributed by atoms with E-state index in [2.05, 4.69) is 11.7 Å². The highest BCUT2D eigenvalue weighted by Gasteiger charge is 2.02. The van der Waals surface area contributed by atoms with E-state index in [1.54, 1.807) is 13.0 Å². The van der Waals surface area contributed by atoms with Crippen molar-refractivity contribution in [2.75, 3.05) is 0 Å². The summed E-state index contributed by atoms with van der Waals surface area (Å²) >= 11 is 0. The van der Waals surface area contributed by atoms with Crippen molar-refractivity contribution < 1.29 is 14.6 Å². The third-order valence-corrected chi connectivity index (χ3v) is 2.07. The lowest BCUT2D eigenvalue weighted by Gasteiger charge is -2.04. The van der Waals surface area contributed by atoms with Crippen molar-refractivity contribution in [2.45, 2.75) is 52.4 Å². The van der Waals surface area contributed by atoms with Crippen molar-refractivity contribution in [3.63, 3.8) is 0 Å². The highest BCUT2D eigenvalue weighted by atomic mass is 16.7. The first kappa shape index (κ1) is 13.0. The molecule has 0 saturated carbocycles. The van der Waals surface area contributed by atoms with Crippen molar-refractivity contribution in [3.05, 3.63) is 11.8 Å². The van der Waals surface area contributed by atoms with Crippen LogP contribution in [-0.4, -0.2) is 11.3 Å². The maximum Gasteiger partial charge on any atom is 0.511 e. The van der Waals surface area contributed by atoms with E-state index in [1.165, 1.54) is 19.3 Å². The zero-order chi connectivity index (χ0) is 10.8. The van der Waals surface area contributed by atoms with Gasteiger partial charge in [0.25, 0.3) is 0 Å². The van der Waals surface area contributed by atoms with Crippen LogP contribution in [-0.2, 0) is 4.74 Å². The molecule has 0 aromatic heterocycles. The Labute approximate surface area is 85.8 Å². The Morgan fingerprint density at radius 2 is 1.93 bits per heavy atom. The van der Waals surface area contributed by atoms with Crippen molar-refractivity contribution in [3.8, 4) is 0 Å². The monoisotopic (exact) mass is 200 g/mol. The normalized spacial score (nSPS) is 11.4. The third-order valence-electron chi connectivity index (χ3n) is 2.07. The Bertz CT molecular complexity index is 185. The maximum absolute atomic E-state index is 10.2. The molecule has 0 aliphatic carbocycles. The van der Waals surface area contributed by atoms with Crippen LogP contribution in [0.2, 0.25) is 0 Å². The minimum atomic E-state index is -1.22. The van der Waals surface area contributed by atoms with E-state index in [1.807, 2.05) is 0 Å². The minimum Gasteiger partial charge on any atom is -0.449 e. The molecule has 0 bridgehead atoms. The molecule has 0 unspecified atom stereocenters. The first-order valence-corrected chi connectivity index (χ1v) is 5.26. The molecule has 0 radical (unpaired) electrons. The summed E-state index contributed by atoms with van der Waals surface area (Å²) in [5.74, 6) is 0.564. The quantitative estimate of drug-likeness (QED) is 0.384. The molecule has 3 nitrogen and oxygen atoms in total. The van der Waals surface area contributed by atoms with E-state index in [0.717, 1.165) is 19.3 Å². The number of hydrogen-bond donors (Lipinski definition) is 1. The van der Waals surface area contributed by atoms with Crippen LogP contribution in [0.25, 0.3) is 0 Å². The van der Waals surface area contributed by atoms with Gasteiger partial charge in [0.05, 0.1) is 0 Å². The molecule has 82 valence electrons. The van der Waals surface area contributed by atoms with Gasteiger partial charge in [-0.05, 0) is 19.4 Å². The van der Waals surface area contributed by atoms with Crippen LogP contribution in [0.15, 0.2) is 11.8 Å². The van der Waals surface area contributed by atoms with Gasteiger partial charge in [-0.2, -0.15) is 0 Å². The Hall–Kier alpha value is -0.990. The standard InChI is InChI=1S/C11H20O3/c1-3-5-6-7-8-9-10(4-2)14-11(12)13/h4H,3,5-9H2,1-2H3,(H,12,13). The van der Waals surface area contributed by atoms with Crippen LogP contribution in [0.1, 0.15) is 52.4 Å². The number of unbranched alkanes of at least 4 members (excludes halogenated alkanes) is 4. The summed E-state index contributed by atoms with van der Waals surface area (Å²) in [5, 5.41) is 8.39. The van der Waals surface area contributed by atoms with E-state index in [4.69, 9.17) is 5.11 Å². The summed E-state index contributed by atoms with van der Waals surface area (Å²) in [5.41, 5.74) is 0. The molecular weight excluding hydrogens is 180 g/mol. The molecule has 0 amide bonds. The van der Waals surface area contributed by atoms with Gasteiger partial charge in [0.1, 0.15) is 5.76 Å². The van der Waals surface area contributed by atoms with Gasteiger partial charge in [-0.25, -0.2) is 4.79 Å². The van der Waals surface area contributed by atoms with E-state index in [9.17, 15) is 4.79 Å². The summed E-state index contributed by atoms with van der Waals surface area (Å²) in [4.78, 5) is 10.2. The zero-order valence-electron chi connectivity index (χ0n) is 9.08. The van der Waals surface area contributed by atoms with Gasteiger partial charge in [-0.1, -0.05) is 32.6 Å². The van der Waals surface area contributed by atoms with Crippen molar-refractivity contribution >= 4 is 6.16 Å². The number of carbonyl (C=O) groups is 1. The fourth-order valence-corrected chi connectivity index (χ4v) is 1.27. The molecule has 0 rings (SSSR count). The topological polar surface area (TPSA) is 46.5 Å². The molecule has 0 spiro atoms. The summed E-state index contributed by atoms with van der Waals surface area (Å²) in [6.07, 6.45) is 7.08. The molecular formula is C11H20O3. The van der Waals surface area contributed by atoms with Crippen LogP contribution in [0.3, 0.4) is 0 Å². The van der Waals surface area contributed by atoms with Crippen LogP contribution >= 0.6 is 0 Å². The highest BCUT2D eigenvalue weighted by Crippen LogP contribution is 2.12. The van der Waals surface area contributed by atoms with Crippen LogP contribution in [0, 0.1) is 0 Å². The third kappa shape index (κ3) is 7.65. The second kappa shape index (κ2) is 8.60. The molecule has 0 aromatic rings. The van der Waals surface area contributed by atoms with E-state index < -0.39 is 6.16 Å². The molecule has 0 aromatic carbocycles. The van der Waals surface area contributed by atoms with Gasteiger partial charge in [0.2, 0.25) is 0 Å². The molecule has 3 heteroatoms. The molecule has 0 heterocycles. The summed E-state index contributed by atoms with van der Waals surface area (Å²) in [6.45, 7) is 3.97. The Balaban J connectivity index is 3.49. The SMILES string of the molecule is CC=C(CCCCCCC)OC(=O)O. The van der Waals surface area contributed by atoms with E-state index >= 15 is 0 Å². The number of hydrogen-bond acceptors (Lipinski definition) is 2. The molecule has 1 N–H and O–H groups in total. The van der Waals surface area contributed by atoms with E-state index in [-0.39, 0.29) is 0 Å². The van der Waals surface area contributed by atoms with Crippen molar-refractivity contribution in [1.82, 2.24) is 0 Å². The van der Waals surface area contributed by atoms with E-state index in [0.29, 0.717) is 5.76 Å². The zero-order valence-corrected chi connectivity index (χ0v) is 9.08. The first-order chi connectivity index (χ1) is 6.70. The predicted octanol–water partition coefficient (Wildman–Crippen LogP) is 3.95. The number of ether oxygens (including phenoxy) is 1. The van der Waals surface area contributed by atoms with Crippen LogP contribution in [0.5, 0.6) is 0 Å². The molecule has 14 heavy (non-hydrogen) atoms. The second-order valence-corrected chi connectivity index (χ2v) is 3.29. The van der Waals surface area contributed by atoms with Crippen LogP contribution in [0.4, 0.5) is 4.79 Å². The van der Waals surface area contributed by atoms with Gasteiger partial charge < -0.3 is 9.84 Å².